The van der Waals surface area contributed by atoms with Crippen LogP contribution in [0.3, 0.4) is 0 Å². The highest BCUT2D eigenvalue weighted by Crippen LogP contribution is 2.23. The van der Waals surface area contributed by atoms with Crippen molar-refractivity contribution in [2.75, 3.05) is 13.1 Å². The van der Waals surface area contributed by atoms with E-state index in [1.165, 1.54) is 27.6 Å². The van der Waals surface area contributed by atoms with Crippen LogP contribution in [0.5, 0.6) is 0 Å². The van der Waals surface area contributed by atoms with E-state index in [2.05, 4.69) is 31.3 Å². The van der Waals surface area contributed by atoms with Crippen molar-refractivity contribution in [3.63, 3.8) is 0 Å². The normalized spacial score (nSPS) is 16.1. The van der Waals surface area contributed by atoms with Gasteiger partial charge in [-0.1, -0.05) is 12.1 Å². The van der Waals surface area contributed by atoms with Crippen LogP contribution < -0.4 is 5.32 Å². The Morgan fingerprint density at radius 1 is 0.964 bits per heavy atom. The summed E-state index contributed by atoms with van der Waals surface area (Å²) >= 11 is 0. The number of rotatable bonds is 5. The Morgan fingerprint density at radius 2 is 1.54 bits per heavy atom. The summed E-state index contributed by atoms with van der Waals surface area (Å²) in [6.45, 7) is 9.28. The second-order valence-corrected chi connectivity index (χ2v) is 9.56. The minimum absolute atomic E-state index is 0.139. The molecule has 1 heterocycles. The van der Waals surface area contributed by atoms with Gasteiger partial charge in [0.25, 0.3) is 5.91 Å². The van der Waals surface area contributed by atoms with Crippen molar-refractivity contribution in [3.05, 3.63) is 64.2 Å². The molecule has 1 amide bonds. The topological polar surface area (TPSA) is 66.5 Å². The third-order valence-corrected chi connectivity index (χ3v) is 7.43. The summed E-state index contributed by atoms with van der Waals surface area (Å²) < 4.78 is 26.7. The highest BCUT2D eigenvalue weighted by molar-refractivity contribution is 7.89. The summed E-state index contributed by atoms with van der Waals surface area (Å²) in [4.78, 5) is 12.9. The first-order valence-electron chi connectivity index (χ1n) is 9.69. The maximum Gasteiger partial charge on any atom is 0.251 e. The molecule has 1 aliphatic heterocycles. The number of amides is 1. The van der Waals surface area contributed by atoms with Crippen molar-refractivity contribution in [1.82, 2.24) is 9.62 Å². The zero-order valence-electron chi connectivity index (χ0n) is 17.0. The lowest BCUT2D eigenvalue weighted by atomic mass is 9.96. The predicted molar refractivity (Wildman–Crippen MR) is 111 cm³/mol. The molecule has 2 aromatic carbocycles. The summed E-state index contributed by atoms with van der Waals surface area (Å²) in [5.41, 5.74) is 5.11. The van der Waals surface area contributed by atoms with Crippen LogP contribution in [0.1, 0.15) is 58.4 Å². The molecule has 1 N–H and O–H groups in total. The molecule has 1 unspecified atom stereocenters. The fourth-order valence-corrected chi connectivity index (χ4v) is 5.18. The largest absolute Gasteiger partial charge is 0.346 e. The number of carbonyl (C=O) groups is 1. The molecular formula is C22H28N2O3S. The molecular weight excluding hydrogens is 372 g/mol. The van der Waals surface area contributed by atoms with E-state index in [1.54, 1.807) is 12.1 Å². The first kappa shape index (κ1) is 20.6. The molecule has 1 aliphatic rings. The molecule has 1 atom stereocenters. The van der Waals surface area contributed by atoms with Crippen LogP contribution in [0.25, 0.3) is 0 Å². The van der Waals surface area contributed by atoms with Gasteiger partial charge in [-0.3, -0.25) is 4.79 Å². The molecule has 0 aliphatic carbocycles. The fourth-order valence-electron chi connectivity index (χ4n) is 3.66. The number of sulfonamides is 1. The highest BCUT2D eigenvalue weighted by Gasteiger charge is 2.27. The van der Waals surface area contributed by atoms with Crippen molar-refractivity contribution in [1.29, 1.82) is 0 Å². The van der Waals surface area contributed by atoms with Crippen LogP contribution in [-0.2, 0) is 10.0 Å². The van der Waals surface area contributed by atoms with E-state index in [0.717, 1.165) is 24.0 Å². The summed E-state index contributed by atoms with van der Waals surface area (Å²) in [6.07, 6.45) is 1.80. The van der Waals surface area contributed by atoms with Crippen molar-refractivity contribution < 1.29 is 13.2 Å². The molecule has 0 bridgehead atoms. The minimum atomic E-state index is -3.46. The Balaban J connectivity index is 1.74. The van der Waals surface area contributed by atoms with Gasteiger partial charge in [0.1, 0.15) is 0 Å². The molecule has 1 saturated heterocycles. The first-order valence-corrected chi connectivity index (χ1v) is 11.1. The number of carbonyl (C=O) groups excluding carboxylic acids is 1. The zero-order valence-corrected chi connectivity index (χ0v) is 17.8. The number of hydrogen-bond acceptors (Lipinski definition) is 3. The van der Waals surface area contributed by atoms with E-state index in [0.29, 0.717) is 18.7 Å². The molecule has 6 heteroatoms. The molecule has 0 spiro atoms. The summed E-state index contributed by atoms with van der Waals surface area (Å²) in [7, 11) is -3.46. The SMILES string of the molecule is Cc1cc(C)c(C(C)NC(=O)c2ccc(S(=O)(=O)N3CCCC3)cc2)cc1C. The van der Waals surface area contributed by atoms with Gasteiger partial charge in [-0.15, -0.1) is 0 Å². The van der Waals surface area contributed by atoms with Gasteiger partial charge in [-0.25, -0.2) is 8.42 Å². The smallest absolute Gasteiger partial charge is 0.251 e. The van der Waals surface area contributed by atoms with Gasteiger partial charge < -0.3 is 5.32 Å². The number of hydrogen-bond donors (Lipinski definition) is 1. The molecule has 0 radical (unpaired) electrons. The quantitative estimate of drug-likeness (QED) is 0.828. The van der Waals surface area contributed by atoms with E-state index >= 15 is 0 Å². The number of nitrogens with one attached hydrogen (secondary N) is 1. The van der Waals surface area contributed by atoms with Crippen LogP contribution in [0.15, 0.2) is 41.3 Å². The molecule has 28 heavy (non-hydrogen) atoms. The van der Waals surface area contributed by atoms with Gasteiger partial charge in [-0.2, -0.15) is 4.31 Å². The second kappa shape index (κ2) is 8.05. The molecule has 2 aromatic rings. The van der Waals surface area contributed by atoms with Crippen LogP contribution in [0.4, 0.5) is 0 Å². The van der Waals surface area contributed by atoms with E-state index in [4.69, 9.17) is 0 Å². The Kier molecular flexibility index (Phi) is 5.91. The fraction of sp³-hybridized carbons (Fsp3) is 0.409. The monoisotopic (exact) mass is 400 g/mol. The number of aryl methyl sites for hydroxylation is 3. The molecule has 3 rings (SSSR count). The molecule has 0 saturated carbocycles. The number of nitrogens with zero attached hydrogens (tertiary/aromatic N) is 1. The van der Waals surface area contributed by atoms with Gasteiger partial charge in [0, 0.05) is 18.7 Å². The molecule has 5 nitrogen and oxygen atoms in total. The van der Waals surface area contributed by atoms with Crippen LogP contribution in [0.2, 0.25) is 0 Å². The first-order chi connectivity index (χ1) is 13.2. The zero-order chi connectivity index (χ0) is 20.5. The second-order valence-electron chi connectivity index (χ2n) is 7.62. The van der Waals surface area contributed by atoms with Crippen LogP contribution in [-0.4, -0.2) is 31.7 Å². The average molecular weight is 401 g/mol. The van der Waals surface area contributed by atoms with Gasteiger partial charge in [0.2, 0.25) is 10.0 Å². The van der Waals surface area contributed by atoms with Crippen molar-refractivity contribution in [2.45, 2.75) is 51.5 Å². The average Bonchev–Trinajstić information content (AvgIpc) is 3.20. The van der Waals surface area contributed by atoms with Crippen molar-refractivity contribution >= 4 is 15.9 Å². The van der Waals surface area contributed by atoms with Gasteiger partial charge >= 0.3 is 0 Å². The Hall–Kier alpha value is -2.18. The van der Waals surface area contributed by atoms with Crippen LogP contribution in [0, 0.1) is 20.8 Å². The van der Waals surface area contributed by atoms with E-state index in [9.17, 15) is 13.2 Å². The van der Waals surface area contributed by atoms with E-state index in [1.807, 2.05) is 13.8 Å². The molecule has 1 fully saturated rings. The predicted octanol–water partition coefficient (Wildman–Crippen LogP) is 3.89. The lowest BCUT2D eigenvalue weighted by molar-refractivity contribution is 0.0939. The Bertz CT molecular complexity index is 976. The van der Waals surface area contributed by atoms with Crippen molar-refractivity contribution in [2.24, 2.45) is 0 Å². The van der Waals surface area contributed by atoms with Gasteiger partial charge in [0.05, 0.1) is 10.9 Å². The molecule has 0 aromatic heterocycles. The summed E-state index contributed by atoms with van der Waals surface area (Å²) in [5.74, 6) is -0.213. The summed E-state index contributed by atoms with van der Waals surface area (Å²) in [6, 6.07) is 10.3. The highest BCUT2D eigenvalue weighted by atomic mass is 32.2. The van der Waals surface area contributed by atoms with E-state index in [-0.39, 0.29) is 16.8 Å². The van der Waals surface area contributed by atoms with Gasteiger partial charge in [0.15, 0.2) is 0 Å². The lowest BCUT2D eigenvalue weighted by Gasteiger charge is -2.19. The maximum atomic E-state index is 12.6. The van der Waals surface area contributed by atoms with Crippen molar-refractivity contribution in [3.8, 4) is 0 Å². The van der Waals surface area contributed by atoms with Gasteiger partial charge in [-0.05, 0) is 87.1 Å². The van der Waals surface area contributed by atoms with Crippen LogP contribution >= 0.6 is 0 Å². The maximum absolute atomic E-state index is 12.6. The third kappa shape index (κ3) is 4.13. The molecule has 150 valence electrons. The Morgan fingerprint density at radius 3 is 2.14 bits per heavy atom. The van der Waals surface area contributed by atoms with E-state index < -0.39 is 10.0 Å². The number of benzene rings is 2. The lowest BCUT2D eigenvalue weighted by Crippen LogP contribution is -2.28. The standard InChI is InChI=1S/C22H28N2O3S/c1-15-13-17(3)21(14-16(15)2)18(4)23-22(25)19-7-9-20(10-8-19)28(26,27)24-11-5-6-12-24/h7-10,13-14,18H,5-6,11-12H2,1-4H3,(H,23,25). The Labute approximate surface area is 167 Å². The minimum Gasteiger partial charge on any atom is -0.346 e. The summed E-state index contributed by atoms with van der Waals surface area (Å²) in [5, 5.41) is 3.01. The third-order valence-electron chi connectivity index (χ3n) is 5.52.